The van der Waals surface area contributed by atoms with Gasteiger partial charge in [0, 0.05) is 12.6 Å². The molecule has 1 heterocycles. The molecule has 1 saturated carbocycles. The molecule has 1 atom stereocenters. The first-order valence-electron chi connectivity index (χ1n) is 4.33. The predicted octanol–water partition coefficient (Wildman–Crippen LogP) is 0.0318. The Morgan fingerprint density at radius 1 is 1.36 bits per heavy atom. The SMILES string of the molecule is O=C(NC1CC1)C1CCC[N]1. The van der Waals surface area contributed by atoms with Crippen molar-refractivity contribution in [1.29, 1.82) is 0 Å². The van der Waals surface area contributed by atoms with E-state index in [1.807, 2.05) is 0 Å². The molecule has 0 aromatic heterocycles. The molecule has 2 fully saturated rings. The molecule has 1 amide bonds. The number of carbonyl (C=O) groups excluding carboxylic acids is 1. The molecule has 1 aliphatic carbocycles. The van der Waals surface area contributed by atoms with E-state index in [9.17, 15) is 4.79 Å². The van der Waals surface area contributed by atoms with Crippen LogP contribution in [0.1, 0.15) is 25.7 Å². The van der Waals surface area contributed by atoms with Crippen molar-refractivity contribution < 1.29 is 4.79 Å². The highest BCUT2D eigenvalue weighted by Crippen LogP contribution is 2.19. The Labute approximate surface area is 66.5 Å². The molecule has 0 aromatic carbocycles. The maximum atomic E-state index is 11.3. The normalized spacial score (nSPS) is 30.4. The van der Waals surface area contributed by atoms with Crippen molar-refractivity contribution in [2.75, 3.05) is 6.54 Å². The van der Waals surface area contributed by atoms with Crippen molar-refractivity contribution >= 4 is 5.91 Å². The van der Waals surface area contributed by atoms with Gasteiger partial charge in [0.25, 0.3) is 0 Å². The van der Waals surface area contributed by atoms with E-state index in [2.05, 4.69) is 10.6 Å². The van der Waals surface area contributed by atoms with Crippen molar-refractivity contribution in [3.8, 4) is 0 Å². The van der Waals surface area contributed by atoms with Crippen LogP contribution in [-0.4, -0.2) is 24.5 Å². The highest BCUT2D eigenvalue weighted by atomic mass is 16.2. The van der Waals surface area contributed by atoms with Crippen LogP contribution in [0.25, 0.3) is 0 Å². The molecule has 3 heteroatoms. The Balaban J connectivity index is 1.77. The van der Waals surface area contributed by atoms with Gasteiger partial charge in [-0.2, -0.15) is 0 Å². The van der Waals surface area contributed by atoms with Gasteiger partial charge in [0.15, 0.2) is 0 Å². The first kappa shape index (κ1) is 7.10. The van der Waals surface area contributed by atoms with Gasteiger partial charge in [-0.1, -0.05) is 0 Å². The van der Waals surface area contributed by atoms with Gasteiger partial charge < -0.3 is 5.32 Å². The lowest BCUT2D eigenvalue weighted by atomic mass is 10.2. The first-order valence-corrected chi connectivity index (χ1v) is 4.33. The number of nitrogens with zero attached hydrogens (tertiary/aromatic N) is 1. The van der Waals surface area contributed by atoms with Gasteiger partial charge in [-0.05, 0) is 25.7 Å². The minimum absolute atomic E-state index is 0.0180. The molecule has 0 aromatic rings. The second kappa shape index (κ2) is 2.81. The number of amides is 1. The second-order valence-electron chi connectivity index (χ2n) is 3.35. The van der Waals surface area contributed by atoms with E-state index in [0.29, 0.717) is 6.04 Å². The molecule has 11 heavy (non-hydrogen) atoms. The number of carbonyl (C=O) groups is 1. The van der Waals surface area contributed by atoms with Crippen LogP contribution in [-0.2, 0) is 4.79 Å². The summed E-state index contributed by atoms with van der Waals surface area (Å²) in [6, 6.07) is 0.467. The summed E-state index contributed by atoms with van der Waals surface area (Å²) in [6.07, 6.45) is 4.37. The second-order valence-corrected chi connectivity index (χ2v) is 3.35. The van der Waals surface area contributed by atoms with Gasteiger partial charge in [0.2, 0.25) is 5.91 Å². The van der Waals surface area contributed by atoms with Crippen LogP contribution in [0, 0.1) is 0 Å². The Kier molecular flexibility index (Phi) is 1.82. The summed E-state index contributed by atoms with van der Waals surface area (Å²) in [6.45, 7) is 0.878. The Hall–Kier alpha value is -0.570. The van der Waals surface area contributed by atoms with Crippen LogP contribution >= 0.6 is 0 Å². The molecular weight excluding hydrogens is 140 g/mol. The van der Waals surface area contributed by atoms with Gasteiger partial charge >= 0.3 is 0 Å². The summed E-state index contributed by atoms with van der Waals surface area (Å²) in [7, 11) is 0. The van der Waals surface area contributed by atoms with Crippen LogP contribution in [0.2, 0.25) is 0 Å². The number of hydrogen-bond acceptors (Lipinski definition) is 1. The number of hydrogen-bond donors (Lipinski definition) is 1. The molecule has 1 unspecified atom stereocenters. The van der Waals surface area contributed by atoms with Crippen LogP contribution in [0.5, 0.6) is 0 Å². The van der Waals surface area contributed by atoms with Gasteiger partial charge in [-0.15, -0.1) is 0 Å². The summed E-state index contributed by atoms with van der Waals surface area (Å²) in [5.74, 6) is 0.157. The van der Waals surface area contributed by atoms with E-state index >= 15 is 0 Å². The van der Waals surface area contributed by atoms with Crippen molar-refractivity contribution in [2.24, 2.45) is 0 Å². The van der Waals surface area contributed by atoms with Crippen molar-refractivity contribution in [3.05, 3.63) is 0 Å². The zero-order valence-corrected chi connectivity index (χ0v) is 6.55. The molecule has 1 N–H and O–H groups in total. The highest BCUT2D eigenvalue weighted by Gasteiger charge is 2.29. The summed E-state index contributed by atoms with van der Waals surface area (Å²) >= 11 is 0. The fourth-order valence-corrected chi connectivity index (χ4v) is 1.36. The van der Waals surface area contributed by atoms with E-state index in [4.69, 9.17) is 0 Å². The minimum atomic E-state index is -0.0180. The lowest BCUT2D eigenvalue weighted by Crippen LogP contribution is -2.38. The third-order valence-electron chi connectivity index (χ3n) is 2.21. The average molecular weight is 153 g/mol. The molecule has 0 bridgehead atoms. The monoisotopic (exact) mass is 153 g/mol. The van der Waals surface area contributed by atoms with Crippen LogP contribution < -0.4 is 10.6 Å². The largest absolute Gasteiger partial charge is 0.352 e. The van der Waals surface area contributed by atoms with Crippen molar-refractivity contribution in [3.63, 3.8) is 0 Å². The Morgan fingerprint density at radius 2 is 2.18 bits per heavy atom. The van der Waals surface area contributed by atoms with Gasteiger partial charge in [-0.25, -0.2) is 5.32 Å². The fraction of sp³-hybridized carbons (Fsp3) is 0.875. The summed E-state index contributed by atoms with van der Waals surface area (Å²) in [5, 5.41) is 7.17. The molecule has 61 valence electrons. The number of nitrogens with one attached hydrogen (secondary N) is 1. The zero-order valence-electron chi connectivity index (χ0n) is 6.55. The van der Waals surface area contributed by atoms with Gasteiger partial charge in [0.1, 0.15) is 6.04 Å². The lowest BCUT2D eigenvalue weighted by Gasteiger charge is -2.07. The summed E-state index contributed by atoms with van der Waals surface area (Å²) in [4.78, 5) is 11.3. The highest BCUT2D eigenvalue weighted by molar-refractivity contribution is 5.82. The Morgan fingerprint density at radius 3 is 2.73 bits per heavy atom. The molecule has 2 aliphatic rings. The predicted molar refractivity (Wildman–Crippen MR) is 41.2 cm³/mol. The van der Waals surface area contributed by atoms with Crippen LogP contribution in [0.3, 0.4) is 0 Å². The standard InChI is InChI=1S/C8H13N2O/c11-8(10-6-3-4-6)7-2-1-5-9-7/h6-7H,1-5H2,(H,10,11). The fourth-order valence-electron chi connectivity index (χ4n) is 1.36. The number of rotatable bonds is 2. The van der Waals surface area contributed by atoms with E-state index < -0.39 is 0 Å². The average Bonchev–Trinajstić information content (AvgIpc) is 2.67. The topological polar surface area (TPSA) is 43.2 Å². The summed E-state index contributed by atoms with van der Waals surface area (Å²) in [5.41, 5.74) is 0. The molecule has 1 radical (unpaired) electrons. The van der Waals surface area contributed by atoms with Gasteiger partial charge in [-0.3, -0.25) is 4.79 Å². The zero-order chi connectivity index (χ0) is 7.68. The third kappa shape index (κ3) is 1.71. The molecule has 2 rings (SSSR count). The molecule has 1 aliphatic heterocycles. The third-order valence-corrected chi connectivity index (χ3v) is 2.21. The minimum Gasteiger partial charge on any atom is -0.352 e. The lowest BCUT2D eigenvalue weighted by molar-refractivity contribution is -0.123. The van der Waals surface area contributed by atoms with E-state index in [1.165, 1.54) is 12.8 Å². The molecule has 0 spiro atoms. The first-order chi connectivity index (χ1) is 5.36. The summed E-state index contributed by atoms with van der Waals surface area (Å²) < 4.78 is 0. The molecule has 1 saturated heterocycles. The molecule has 3 nitrogen and oxygen atoms in total. The maximum Gasteiger partial charge on any atom is 0.238 e. The smallest absolute Gasteiger partial charge is 0.238 e. The van der Waals surface area contributed by atoms with Gasteiger partial charge in [0.05, 0.1) is 0 Å². The maximum absolute atomic E-state index is 11.3. The Bertz CT molecular complexity index is 159. The van der Waals surface area contributed by atoms with Crippen molar-refractivity contribution in [1.82, 2.24) is 10.6 Å². The van der Waals surface area contributed by atoms with E-state index in [-0.39, 0.29) is 11.9 Å². The van der Waals surface area contributed by atoms with Crippen LogP contribution in [0.4, 0.5) is 0 Å². The van der Waals surface area contributed by atoms with Crippen molar-refractivity contribution in [2.45, 2.75) is 37.8 Å². The quantitative estimate of drug-likeness (QED) is 0.597. The van der Waals surface area contributed by atoms with E-state index in [1.54, 1.807) is 0 Å². The van der Waals surface area contributed by atoms with E-state index in [0.717, 1.165) is 19.4 Å². The molecular formula is C8H13N2O. The van der Waals surface area contributed by atoms with Crippen LogP contribution in [0.15, 0.2) is 0 Å².